The molecule has 1 aliphatic heterocycles. The van der Waals surface area contributed by atoms with E-state index in [1.165, 1.54) is 12.1 Å². The van der Waals surface area contributed by atoms with Crippen LogP contribution >= 0.6 is 11.5 Å². The molecule has 0 bridgehead atoms. The summed E-state index contributed by atoms with van der Waals surface area (Å²) in [6.45, 7) is 1.76. The van der Waals surface area contributed by atoms with Crippen molar-refractivity contribution in [3.05, 3.63) is 53.1 Å². The molecule has 0 saturated carbocycles. The van der Waals surface area contributed by atoms with Crippen molar-refractivity contribution < 1.29 is 33.3 Å². The number of ether oxygens (including phenoxy) is 1. The van der Waals surface area contributed by atoms with E-state index in [0.717, 1.165) is 32.4 Å². The van der Waals surface area contributed by atoms with Gasteiger partial charge < -0.3 is 20.3 Å². The maximum absolute atomic E-state index is 14.8. The normalized spacial score (nSPS) is 15.7. The molecular formula is C25H28F2N4O5S. The van der Waals surface area contributed by atoms with Crippen LogP contribution in [0, 0.1) is 11.6 Å². The largest absolute Gasteiger partial charge is 0.477 e. The number of halogens is 2. The van der Waals surface area contributed by atoms with Gasteiger partial charge in [0.25, 0.3) is 0 Å². The topological polar surface area (TPSA) is 124 Å². The lowest BCUT2D eigenvalue weighted by Gasteiger charge is -2.22. The Morgan fingerprint density at radius 1 is 1.24 bits per heavy atom. The van der Waals surface area contributed by atoms with E-state index in [2.05, 4.69) is 19.9 Å². The van der Waals surface area contributed by atoms with E-state index in [1.54, 1.807) is 18.2 Å². The lowest BCUT2D eigenvalue weighted by molar-refractivity contribution is 0.0693. The summed E-state index contributed by atoms with van der Waals surface area (Å²) in [5.41, 5.74) is -0.750. The summed E-state index contributed by atoms with van der Waals surface area (Å²) in [6.07, 6.45) is 3.63. The number of fused-ring (bicyclic) bond motifs is 1. The summed E-state index contributed by atoms with van der Waals surface area (Å²) < 4.78 is 38.6. The molecule has 0 spiro atoms. The second-order valence-electron chi connectivity index (χ2n) is 8.76. The first-order valence-corrected chi connectivity index (χ1v) is 12.8. The molecule has 2 heterocycles. The van der Waals surface area contributed by atoms with E-state index in [1.807, 2.05) is 0 Å². The highest BCUT2D eigenvalue weighted by atomic mass is 32.1. The van der Waals surface area contributed by atoms with Crippen molar-refractivity contribution in [3.63, 3.8) is 0 Å². The second kappa shape index (κ2) is 12.3. The number of urea groups is 1. The molecule has 1 fully saturated rings. The number of carboxylic acids is 1. The number of amides is 2. The number of likely N-dealkylation sites (tertiary alicyclic amines) is 1. The fraction of sp³-hybridized carbons (Fsp3) is 0.400. The van der Waals surface area contributed by atoms with Crippen LogP contribution in [-0.4, -0.2) is 63.8 Å². The van der Waals surface area contributed by atoms with E-state index in [9.17, 15) is 28.6 Å². The molecule has 1 saturated heterocycles. The van der Waals surface area contributed by atoms with Gasteiger partial charge >= 0.3 is 12.0 Å². The minimum atomic E-state index is -1.40. The number of carbonyl (C=O) groups excluding carboxylic acids is 1. The summed E-state index contributed by atoms with van der Waals surface area (Å²) in [7, 11) is 0. The number of rotatable bonds is 11. The summed E-state index contributed by atoms with van der Waals surface area (Å²) in [5, 5.41) is 24.7. The summed E-state index contributed by atoms with van der Waals surface area (Å²) in [5.74, 6) is -3.36. The van der Waals surface area contributed by atoms with Gasteiger partial charge in [-0.15, -0.1) is 0 Å². The fourth-order valence-electron chi connectivity index (χ4n) is 4.42. The van der Waals surface area contributed by atoms with Crippen LogP contribution in [0.25, 0.3) is 10.8 Å². The van der Waals surface area contributed by atoms with Gasteiger partial charge in [-0.25, -0.2) is 18.4 Å². The molecule has 0 radical (unpaired) electrons. The molecular weight excluding hydrogens is 506 g/mol. The predicted octanol–water partition coefficient (Wildman–Crippen LogP) is 4.21. The average Bonchev–Trinajstić information content (AvgIpc) is 3.50. The molecule has 4 rings (SSSR count). The Balaban J connectivity index is 1.32. The molecule has 1 atom stereocenters. The van der Waals surface area contributed by atoms with E-state index in [4.69, 9.17) is 4.74 Å². The number of aromatic nitrogens is 1. The number of anilines is 1. The zero-order chi connectivity index (χ0) is 26.4. The fourth-order valence-corrected chi connectivity index (χ4v) is 5.14. The molecule has 198 valence electrons. The highest BCUT2D eigenvalue weighted by Crippen LogP contribution is 2.32. The Morgan fingerprint density at radius 2 is 2.05 bits per heavy atom. The van der Waals surface area contributed by atoms with Crippen molar-refractivity contribution in [2.45, 2.75) is 38.3 Å². The van der Waals surface area contributed by atoms with Crippen LogP contribution in [0.3, 0.4) is 0 Å². The van der Waals surface area contributed by atoms with Crippen LogP contribution in [0.2, 0.25) is 0 Å². The van der Waals surface area contributed by atoms with Crippen LogP contribution in [0.4, 0.5) is 18.6 Å². The smallest absolute Gasteiger partial charge is 0.344 e. The third kappa shape index (κ3) is 6.32. The molecule has 9 nitrogen and oxygen atoms in total. The summed E-state index contributed by atoms with van der Waals surface area (Å²) in [6, 6.07) is 7.18. The maximum Gasteiger partial charge on any atom is 0.344 e. The van der Waals surface area contributed by atoms with Crippen molar-refractivity contribution >= 4 is 39.3 Å². The molecule has 1 aromatic heterocycles. The van der Waals surface area contributed by atoms with Crippen molar-refractivity contribution in [1.82, 2.24) is 14.6 Å². The van der Waals surface area contributed by atoms with Gasteiger partial charge in [0.1, 0.15) is 23.2 Å². The Hall–Kier alpha value is -3.35. The highest BCUT2D eigenvalue weighted by molar-refractivity contribution is 7.11. The van der Waals surface area contributed by atoms with Crippen LogP contribution in [-0.2, 0) is 6.61 Å². The highest BCUT2D eigenvalue weighted by Gasteiger charge is 2.25. The number of hydrogen-bond acceptors (Lipinski definition) is 7. The van der Waals surface area contributed by atoms with Gasteiger partial charge in [-0.05, 0) is 61.8 Å². The van der Waals surface area contributed by atoms with Crippen LogP contribution in [0.15, 0.2) is 30.3 Å². The number of unbranched alkanes of at least 4 members (excludes halogenated alkanes) is 1. The Morgan fingerprint density at radius 3 is 2.84 bits per heavy atom. The number of aromatic carboxylic acids is 1. The molecule has 2 amide bonds. The zero-order valence-corrected chi connectivity index (χ0v) is 20.8. The Kier molecular flexibility index (Phi) is 8.85. The molecule has 37 heavy (non-hydrogen) atoms. The number of nitrogens with zero attached hydrogens (tertiary/aromatic N) is 2. The van der Waals surface area contributed by atoms with Gasteiger partial charge in [-0.3, -0.25) is 10.2 Å². The van der Waals surface area contributed by atoms with Gasteiger partial charge in [0, 0.05) is 18.0 Å². The Bertz CT molecular complexity index is 1270. The molecule has 0 aliphatic carbocycles. The summed E-state index contributed by atoms with van der Waals surface area (Å²) in [4.78, 5) is 26.4. The van der Waals surface area contributed by atoms with E-state index < -0.39 is 35.8 Å². The molecule has 1 unspecified atom stereocenters. The molecule has 3 aromatic rings. The van der Waals surface area contributed by atoms with Gasteiger partial charge in [0.05, 0.1) is 12.2 Å². The quantitative estimate of drug-likeness (QED) is 0.272. The summed E-state index contributed by atoms with van der Waals surface area (Å²) >= 11 is 0.697. The van der Waals surface area contributed by atoms with Crippen molar-refractivity contribution in [2.75, 3.05) is 31.6 Å². The van der Waals surface area contributed by atoms with E-state index >= 15 is 0 Å². The Labute approximate surface area is 216 Å². The predicted molar refractivity (Wildman–Crippen MR) is 135 cm³/mol. The van der Waals surface area contributed by atoms with Crippen LogP contribution in [0.1, 0.15) is 41.6 Å². The molecule has 12 heteroatoms. The van der Waals surface area contributed by atoms with Crippen molar-refractivity contribution in [3.8, 4) is 5.88 Å². The SMILES string of the molecule is O=C(NCCCCN1CCCC1CO)Nc1snc(OCc2c(F)cc3ccccc3c2F)c1C(=O)O. The van der Waals surface area contributed by atoms with Crippen LogP contribution in [0.5, 0.6) is 5.88 Å². The van der Waals surface area contributed by atoms with Crippen molar-refractivity contribution in [2.24, 2.45) is 0 Å². The van der Waals surface area contributed by atoms with E-state index in [0.29, 0.717) is 29.9 Å². The number of carboxylic acid groups (broad SMARTS) is 1. The first-order chi connectivity index (χ1) is 17.9. The molecule has 1 aliphatic rings. The number of carbonyl (C=O) groups is 2. The van der Waals surface area contributed by atoms with Gasteiger partial charge in [0.2, 0.25) is 5.88 Å². The third-order valence-electron chi connectivity index (χ3n) is 6.36. The van der Waals surface area contributed by atoms with Crippen LogP contribution < -0.4 is 15.4 Å². The van der Waals surface area contributed by atoms with E-state index in [-0.39, 0.29) is 34.5 Å². The number of nitrogens with one attached hydrogen (secondary N) is 2. The van der Waals surface area contributed by atoms with Crippen molar-refractivity contribution in [1.29, 1.82) is 0 Å². The lowest BCUT2D eigenvalue weighted by atomic mass is 10.1. The minimum absolute atomic E-state index is 0.0534. The molecule has 2 aromatic carbocycles. The standard InChI is InChI=1S/C25H28F2N4O5S/c26-19-12-15-6-1-2-8-17(15)21(27)18(19)14-36-22-20(24(33)34)23(37-30-22)29-25(35)28-9-3-4-10-31-11-5-7-16(31)13-32/h1-2,6,8,12,16,32H,3-5,7,9-11,13-14H2,(H,33,34)(H2,28,29,35). The minimum Gasteiger partial charge on any atom is -0.477 e. The number of aliphatic hydroxyl groups is 1. The van der Waals surface area contributed by atoms with Gasteiger partial charge in [0.15, 0.2) is 5.56 Å². The lowest BCUT2D eigenvalue weighted by Crippen LogP contribution is -2.34. The first-order valence-electron chi connectivity index (χ1n) is 12.0. The third-order valence-corrected chi connectivity index (χ3v) is 7.10. The van der Waals surface area contributed by atoms with Gasteiger partial charge in [-0.2, -0.15) is 4.37 Å². The zero-order valence-electron chi connectivity index (χ0n) is 20.0. The monoisotopic (exact) mass is 534 g/mol. The second-order valence-corrected chi connectivity index (χ2v) is 9.53. The first kappa shape index (κ1) is 26.7. The molecule has 4 N–H and O–H groups in total. The van der Waals surface area contributed by atoms with Gasteiger partial charge in [-0.1, -0.05) is 24.3 Å². The maximum atomic E-state index is 14.8. The number of benzene rings is 2. The number of aliphatic hydroxyl groups excluding tert-OH is 1. The number of hydrogen-bond donors (Lipinski definition) is 4. The average molecular weight is 535 g/mol.